The highest BCUT2D eigenvalue weighted by atomic mass is 35.5. The molecule has 5 heteroatoms. The predicted molar refractivity (Wildman–Crippen MR) is 79.6 cm³/mol. The van der Waals surface area contributed by atoms with E-state index in [0.29, 0.717) is 11.6 Å². The van der Waals surface area contributed by atoms with E-state index in [1.54, 1.807) is 25.1 Å². The van der Waals surface area contributed by atoms with Crippen LogP contribution in [0.5, 0.6) is 0 Å². The Morgan fingerprint density at radius 3 is 2.45 bits per heavy atom. The standard InChI is InChI=1S/C15H18ClNO3/c1-3-17(11(2)10-15(19)20)14(18)9-6-12-4-7-13(16)8-5-12/h4-9,11H,3,10H2,1-2H3,(H,19,20). The maximum absolute atomic E-state index is 12.1. The Kier molecular flexibility index (Phi) is 6.25. The van der Waals surface area contributed by atoms with E-state index >= 15 is 0 Å². The zero-order chi connectivity index (χ0) is 15.1. The number of hydrogen-bond donors (Lipinski definition) is 1. The number of carboxylic acid groups (broad SMARTS) is 1. The van der Waals surface area contributed by atoms with Crippen LogP contribution in [-0.4, -0.2) is 34.5 Å². The lowest BCUT2D eigenvalue weighted by Crippen LogP contribution is -2.38. The molecule has 0 saturated carbocycles. The summed E-state index contributed by atoms with van der Waals surface area (Å²) in [6.07, 6.45) is 3.08. The number of hydrogen-bond acceptors (Lipinski definition) is 2. The molecule has 0 radical (unpaired) electrons. The van der Waals surface area contributed by atoms with Crippen molar-refractivity contribution in [3.8, 4) is 0 Å². The lowest BCUT2D eigenvalue weighted by atomic mass is 10.1. The second kappa shape index (κ2) is 7.70. The van der Waals surface area contributed by atoms with Gasteiger partial charge < -0.3 is 10.0 Å². The lowest BCUT2D eigenvalue weighted by Gasteiger charge is -2.25. The molecule has 20 heavy (non-hydrogen) atoms. The largest absolute Gasteiger partial charge is 0.481 e. The minimum atomic E-state index is -0.912. The highest BCUT2D eigenvalue weighted by Gasteiger charge is 2.18. The number of carbonyl (C=O) groups is 2. The Hall–Kier alpha value is -1.81. The van der Waals surface area contributed by atoms with Crippen molar-refractivity contribution in [3.05, 3.63) is 40.9 Å². The van der Waals surface area contributed by atoms with Gasteiger partial charge in [-0.2, -0.15) is 0 Å². The Bertz CT molecular complexity index is 496. The molecule has 0 aliphatic heterocycles. The number of benzene rings is 1. The van der Waals surface area contributed by atoms with Crippen LogP contribution in [0.3, 0.4) is 0 Å². The third-order valence-corrected chi connectivity index (χ3v) is 3.17. The zero-order valence-electron chi connectivity index (χ0n) is 11.5. The maximum atomic E-state index is 12.1. The van der Waals surface area contributed by atoms with Crippen molar-refractivity contribution < 1.29 is 14.7 Å². The normalized spacial score (nSPS) is 12.3. The first-order valence-electron chi connectivity index (χ1n) is 6.40. The Morgan fingerprint density at radius 2 is 1.95 bits per heavy atom. The fraction of sp³-hybridized carbons (Fsp3) is 0.333. The summed E-state index contributed by atoms with van der Waals surface area (Å²) >= 11 is 5.78. The van der Waals surface area contributed by atoms with Crippen LogP contribution in [0.25, 0.3) is 6.08 Å². The van der Waals surface area contributed by atoms with Crippen LogP contribution in [0.4, 0.5) is 0 Å². The van der Waals surface area contributed by atoms with Crippen molar-refractivity contribution in [1.29, 1.82) is 0 Å². The summed E-state index contributed by atoms with van der Waals surface area (Å²) in [5.74, 6) is -1.11. The number of carboxylic acids is 1. The lowest BCUT2D eigenvalue weighted by molar-refractivity contribution is -0.139. The fourth-order valence-electron chi connectivity index (χ4n) is 1.88. The van der Waals surface area contributed by atoms with E-state index in [4.69, 9.17) is 16.7 Å². The van der Waals surface area contributed by atoms with E-state index in [-0.39, 0.29) is 18.4 Å². The van der Waals surface area contributed by atoms with Gasteiger partial charge in [-0.15, -0.1) is 0 Å². The molecular formula is C15H18ClNO3. The maximum Gasteiger partial charge on any atom is 0.305 e. The highest BCUT2D eigenvalue weighted by Crippen LogP contribution is 2.11. The van der Waals surface area contributed by atoms with Gasteiger partial charge in [-0.3, -0.25) is 9.59 Å². The van der Waals surface area contributed by atoms with Crippen molar-refractivity contribution in [2.75, 3.05) is 6.54 Å². The Morgan fingerprint density at radius 1 is 1.35 bits per heavy atom. The number of rotatable bonds is 6. The van der Waals surface area contributed by atoms with Crippen LogP contribution in [-0.2, 0) is 9.59 Å². The number of amides is 1. The van der Waals surface area contributed by atoms with E-state index in [1.165, 1.54) is 11.0 Å². The molecule has 0 spiro atoms. The summed E-state index contributed by atoms with van der Waals surface area (Å²) in [5.41, 5.74) is 0.865. The summed E-state index contributed by atoms with van der Waals surface area (Å²) in [5, 5.41) is 9.41. The fourth-order valence-corrected chi connectivity index (χ4v) is 2.01. The van der Waals surface area contributed by atoms with Crippen molar-refractivity contribution in [3.63, 3.8) is 0 Å². The molecule has 108 valence electrons. The molecule has 0 heterocycles. The number of aliphatic carboxylic acids is 1. The van der Waals surface area contributed by atoms with Gasteiger partial charge in [0.15, 0.2) is 0 Å². The third kappa shape index (κ3) is 5.05. The molecular weight excluding hydrogens is 278 g/mol. The van der Waals surface area contributed by atoms with E-state index in [9.17, 15) is 9.59 Å². The molecule has 1 N–H and O–H groups in total. The van der Waals surface area contributed by atoms with E-state index in [2.05, 4.69) is 0 Å². The molecule has 0 saturated heterocycles. The van der Waals surface area contributed by atoms with Gasteiger partial charge in [-0.1, -0.05) is 23.7 Å². The van der Waals surface area contributed by atoms with Crippen LogP contribution in [0.2, 0.25) is 5.02 Å². The minimum absolute atomic E-state index is 0.0611. The van der Waals surface area contributed by atoms with Gasteiger partial charge in [-0.25, -0.2) is 0 Å². The van der Waals surface area contributed by atoms with Gasteiger partial charge in [0.05, 0.1) is 6.42 Å². The molecule has 0 bridgehead atoms. The summed E-state index contributed by atoms with van der Waals surface area (Å²) < 4.78 is 0. The SMILES string of the molecule is CCN(C(=O)C=Cc1ccc(Cl)cc1)C(C)CC(=O)O. The van der Waals surface area contributed by atoms with Gasteiger partial charge >= 0.3 is 5.97 Å². The summed E-state index contributed by atoms with van der Waals surface area (Å²) in [4.78, 5) is 24.3. The molecule has 1 rings (SSSR count). The summed E-state index contributed by atoms with van der Waals surface area (Å²) in [6, 6.07) is 6.78. The summed E-state index contributed by atoms with van der Waals surface area (Å²) in [7, 11) is 0. The number of likely N-dealkylation sites (N-methyl/N-ethyl adjacent to an activating group) is 1. The minimum Gasteiger partial charge on any atom is -0.481 e. The topological polar surface area (TPSA) is 57.6 Å². The highest BCUT2D eigenvalue weighted by molar-refractivity contribution is 6.30. The van der Waals surface area contributed by atoms with Gasteiger partial charge in [0.2, 0.25) is 5.91 Å². The van der Waals surface area contributed by atoms with Gasteiger partial charge in [0.25, 0.3) is 0 Å². The molecule has 0 aliphatic rings. The van der Waals surface area contributed by atoms with E-state index in [0.717, 1.165) is 5.56 Å². The third-order valence-electron chi connectivity index (χ3n) is 2.91. The number of halogens is 1. The second-order valence-corrected chi connectivity index (χ2v) is 4.89. The molecule has 1 aromatic carbocycles. The summed E-state index contributed by atoms with van der Waals surface area (Å²) in [6.45, 7) is 4.02. The van der Waals surface area contributed by atoms with Crippen LogP contribution in [0.15, 0.2) is 30.3 Å². The molecule has 1 unspecified atom stereocenters. The molecule has 0 aromatic heterocycles. The van der Waals surface area contributed by atoms with Crippen LogP contribution >= 0.6 is 11.6 Å². The quantitative estimate of drug-likeness (QED) is 0.821. The van der Waals surface area contributed by atoms with Crippen LogP contribution < -0.4 is 0 Å². The first-order valence-corrected chi connectivity index (χ1v) is 6.78. The molecule has 1 atom stereocenters. The van der Waals surface area contributed by atoms with Crippen molar-refractivity contribution in [1.82, 2.24) is 4.90 Å². The molecule has 4 nitrogen and oxygen atoms in total. The van der Waals surface area contributed by atoms with Crippen LogP contribution in [0, 0.1) is 0 Å². The van der Waals surface area contributed by atoms with Gasteiger partial charge in [0.1, 0.15) is 0 Å². The smallest absolute Gasteiger partial charge is 0.305 e. The zero-order valence-corrected chi connectivity index (χ0v) is 12.3. The Labute approximate surface area is 123 Å². The van der Waals surface area contributed by atoms with Gasteiger partial charge in [-0.05, 0) is 37.6 Å². The molecule has 0 aliphatic carbocycles. The first kappa shape index (κ1) is 16.2. The predicted octanol–water partition coefficient (Wildman–Crippen LogP) is 3.06. The Balaban J connectivity index is 2.71. The van der Waals surface area contributed by atoms with Crippen molar-refractivity contribution in [2.24, 2.45) is 0 Å². The van der Waals surface area contributed by atoms with Gasteiger partial charge in [0, 0.05) is 23.7 Å². The number of nitrogens with zero attached hydrogens (tertiary/aromatic N) is 1. The number of carbonyl (C=O) groups excluding carboxylic acids is 1. The monoisotopic (exact) mass is 295 g/mol. The molecule has 1 aromatic rings. The second-order valence-electron chi connectivity index (χ2n) is 4.46. The molecule has 0 fully saturated rings. The van der Waals surface area contributed by atoms with Crippen LogP contribution in [0.1, 0.15) is 25.8 Å². The first-order chi connectivity index (χ1) is 9.43. The average Bonchev–Trinajstić information content (AvgIpc) is 2.38. The van der Waals surface area contributed by atoms with Crippen molar-refractivity contribution >= 4 is 29.6 Å². The average molecular weight is 296 g/mol. The molecule has 1 amide bonds. The van der Waals surface area contributed by atoms with E-state index < -0.39 is 5.97 Å². The van der Waals surface area contributed by atoms with Crippen molar-refractivity contribution in [2.45, 2.75) is 26.3 Å². The van der Waals surface area contributed by atoms with E-state index in [1.807, 2.05) is 19.1 Å².